The molecule has 3 rings (SSSR count). The quantitative estimate of drug-likeness (QED) is 0.625. The molecule has 7 heteroatoms. The van der Waals surface area contributed by atoms with Crippen LogP contribution >= 0.6 is 0 Å². The van der Waals surface area contributed by atoms with Crippen molar-refractivity contribution in [1.29, 1.82) is 0 Å². The first kappa shape index (κ1) is 17.1. The number of piperidine rings is 1. The Morgan fingerprint density at radius 1 is 1.32 bits per heavy atom. The number of esters is 1. The molecule has 0 amide bonds. The molecule has 0 unspecified atom stereocenters. The van der Waals surface area contributed by atoms with Crippen LogP contribution in [0.1, 0.15) is 36.7 Å². The van der Waals surface area contributed by atoms with Crippen molar-refractivity contribution in [3.8, 4) is 11.8 Å². The molecule has 132 valence electrons. The zero-order valence-electron chi connectivity index (χ0n) is 14.8. The van der Waals surface area contributed by atoms with E-state index < -0.39 is 5.97 Å². The molecule has 1 aliphatic rings. The van der Waals surface area contributed by atoms with Crippen molar-refractivity contribution in [1.82, 2.24) is 14.1 Å². The number of fused-ring (bicyclic) bond motifs is 1. The fourth-order valence-corrected chi connectivity index (χ4v) is 3.22. The summed E-state index contributed by atoms with van der Waals surface area (Å²) in [6.45, 7) is 3.99. The summed E-state index contributed by atoms with van der Waals surface area (Å²) >= 11 is 0. The van der Waals surface area contributed by atoms with E-state index in [0.29, 0.717) is 17.6 Å². The van der Waals surface area contributed by atoms with Gasteiger partial charge in [-0.25, -0.2) is 9.78 Å². The van der Waals surface area contributed by atoms with Crippen LogP contribution in [-0.4, -0.2) is 40.3 Å². The van der Waals surface area contributed by atoms with E-state index in [0.717, 1.165) is 31.9 Å². The number of rotatable bonds is 3. The van der Waals surface area contributed by atoms with Crippen molar-refractivity contribution in [2.45, 2.75) is 32.7 Å². The van der Waals surface area contributed by atoms with Gasteiger partial charge in [-0.2, -0.15) is 0 Å². The van der Waals surface area contributed by atoms with Crippen molar-refractivity contribution >= 4 is 23.0 Å². The lowest BCUT2D eigenvalue weighted by atomic mass is 10.1. The van der Waals surface area contributed by atoms with Crippen molar-refractivity contribution in [3.05, 3.63) is 22.1 Å². The molecule has 3 heterocycles. The summed E-state index contributed by atoms with van der Waals surface area (Å²) < 4.78 is 7.95. The molecule has 1 aliphatic heterocycles. The summed E-state index contributed by atoms with van der Waals surface area (Å²) in [7, 11) is 2.86. The second-order valence-electron chi connectivity index (χ2n) is 6.09. The zero-order chi connectivity index (χ0) is 18.0. The van der Waals surface area contributed by atoms with Gasteiger partial charge in [-0.3, -0.25) is 9.36 Å². The van der Waals surface area contributed by atoms with Crippen LogP contribution < -0.4 is 10.5 Å². The molecule has 1 saturated heterocycles. The Hall–Kier alpha value is -2.75. The van der Waals surface area contributed by atoms with Gasteiger partial charge in [-0.15, -0.1) is 5.92 Å². The first-order valence-corrected chi connectivity index (χ1v) is 8.41. The van der Waals surface area contributed by atoms with Gasteiger partial charge in [0.15, 0.2) is 0 Å². The van der Waals surface area contributed by atoms with Gasteiger partial charge in [0.2, 0.25) is 5.95 Å². The number of methoxy groups -OCH3 is 1. The highest BCUT2D eigenvalue weighted by Gasteiger charge is 2.23. The van der Waals surface area contributed by atoms with Crippen molar-refractivity contribution in [3.63, 3.8) is 0 Å². The number of pyridine rings is 1. The molecule has 2 aromatic rings. The van der Waals surface area contributed by atoms with Gasteiger partial charge in [0.1, 0.15) is 11.2 Å². The maximum Gasteiger partial charge on any atom is 0.354 e. The highest BCUT2D eigenvalue weighted by molar-refractivity contribution is 5.92. The van der Waals surface area contributed by atoms with E-state index in [1.165, 1.54) is 18.1 Å². The molecule has 2 aromatic heterocycles. The Kier molecular flexibility index (Phi) is 4.79. The van der Waals surface area contributed by atoms with Gasteiger partial charge in [-0.05, 0) is 32.3 Å². The number of hydrogen-bond donors (Lipinski definition) is 0. The molecule has 0 bridgehead atoms. The lowest BCUT2D eigenvalue weighted by Crippen LogP contribution is -2.32. The lowest BCUT2D eigenvalue weighted by molar-refractivity contribution is 0.0588. The number of ether oxygens (including phenoxy) is 1. The number of hydrogen-bond acceptors (Lipinski definition) is 5. The average molecular weight is 342 g/mol. The number of imidazole rings is 1. The third kappa shape index (κ3) is 3.00. The topological polar surface area (TPSA) is 69.4 Å². The minimum absolute atomic E-state index is 0.191. The Morgan fingerprint density at radius 2 is 2.04 bits per heavy atom. The molecule has 0 saturated carbocycles. The summed E-state index contributed by atoms with van der Waals surface area (Å²) in [5.41, 5.74) is 0.892. The molecule has 7 nitrogen and oxygen atoms in total. The second kappa shape index (κ2) is 7.01. The van der Waals surface area contributed by atoms with Crippen LogP contribution in [0.25, 0.3) is 11.0 Å². The van der Waals surface area contributed by atoms with Crippen LogP contribution in [0.4, 0.5) is 5.95 Å². The molecular weight excluding hydrogens is 320 g/mol. The molecule has 0 aromatic carbocycles. The number of anilines is 1. The molecule has 0 N–H and O–H groups in total. The van der Waals surface area contributed by atoms with Crippen LogP contribution in [0.2, 0.25) is 0 Å². The van der Waals surface area contributed by atoms with Gasteiger partial charge in [0.05, 0.1) is 19.2 Å². The summed E-state index contributed by atoms with van der Waals surface area (Å²) in [6.07, 6.45) is 3.42. The molecule has 0 spiro atoms. The largest absolute Gasteiger partial charge is 0.464 e. The Labute approximate surface area is 146 Å². The van der Waals surface area contributed by atoms with Crippen LogP contribution in [0.3, 0.4) is 0 Å². The van der Waals surface area contributed by atoms with E-state index >= 15 is 0 Å². The van der Waals surface area contributed by atoms with Gasteiger partial charge in [0.25, 0.3) is 5.56 Å². The molecular formula is C18H22N4O3. The predicted octanol–water partition coefficient (Wildman–Crippen LogP) is 1.54. The molecule has 0 atom stereocenters. The second-order valence-corrected chi connectivity index (χ2v) is 6.09. The van der Waals surface area contributed by atoms with Crippen molar-refractivity contribution in [2.75, 3.05) is 25.1 Å². The van der Waals surface area contributed by atoms with Crippen LogP contribution in [-0.2, 0) is 18.3 Å². The van der Waals surface area contributed by atoms with Crippen molar-refractivity contribution in [2.24, 2.45) is 7.05 Å². The minimum Gasteiger partial charge on any atom is -0.464 e. The van der Waals surface area contributed by atoms with Crippen LogP contribution in [0, 0.1) is 11.8 Å². The van der Waals surface area contributed by atoms with E-state index in [1.807, 2.05) is 4.57 Å². The Morgan fingerprint density at radius 3 is 2.68 bits per heavy atom. The number of carbonyl (C=O) groups is 1. The molecule has 0 radical (unpaired) electrons. The summed E-state index contributed by atoms with van der Waals surface area (Å²) in [6, 6.07) is 1.62. The van der Waals surface area contributed by atoms with E-state index in [9.17, 15) is 9.59 Å². The van der Waals surface area contributed by atoms with Crippen LogP contribution in [0.15, 0.2) is 10.9 Å². The predicted molar refractivity (Wildman–Crippen MR) is 95.8 cm³/mol. The van der Waals surface area contributed by atoms with Gasteiger partial charge in [-0.1, -0.05) is 5.92 Å². The molecule has 25 heavy (non-hydrogen) atoms. The smallest absolute Gasteiger partial charge is 0.354 e. The maximum atomic E-state index is 12.9. The molecule has 0 aliphatic carbocycles. The monoisotopic (exact) mass is 342 g/mol. The SMILES string of the molecule is CC#CCn1c(N2CCCCC2)nc2cc(C(=O)OC)n(C)c(=O)c21. The van der Waals surface area contributed by atoms with Gasteiger partial charge < -0.3 is 14.2 Å². The first-order chi connectivity index (χ1) is 12.1. The Balaban J connectivity index is 2.24. The van der Waals surface area contributed by atoms with E-state index in [4.69, 9.17) is 4.74 Å². The van der Waals surface area contributed by atoms with Crippen molar-refractivity contribution < 1.29 is 9.53 Å². The summed E-state index contributed by atoms with van der Waals surface area (Å²) in [5, 5.41) is 0. The number of nitrogens with zero attached hydrogens (tertiary/aromatic N) is 4. The first-order valence-electron chi connectivity index (χ1n) is 8.41. The average Bonchev–Trinajstić information content (AvgIpc) is 3.01. The van der Waals surface area contributed by atoms with Crippen LogP contribution in [0.5, 0.6) is 0 Å². The third-order valence-electron chi connectivity index (χ3n) is 4.56. The number of carbonyl (C=O) groups excluding carboxylic acids is 1. The summed E-state index contributed by atoms with van der Waals surface area (Å²) in [5.74, 6) is 6.09. The highest BCUT2D eigenvalue weighted by Crippen LogP contribution is 2.24. The maximum absolute atomic E-state index is 12.9. The summed E-state index contributed by atoms with van der Waals surface area (Å²) in [4.78, 5) is 31.7. The van der Waals surface area contributed by atoms with Gasteiger partial charge in [0, 0.05) is 20.1 Å². The Bertz CT molecular complexity index is 924. The third-order valence-corrected chi connectivity index (χ3v) is 4.56. The minimum atomic E-state index is -0.552. The van der Waals surface area contributed by atoms with E-state index in [-0.39, 0.29) is 11.3 Å². The van der Waals surface area contributed by atoms with Gasteiger partial charge >= 0.3 is 5.97 Å². The fraction of sp³-hybridized carbons (Fsp3) is 0.500. The number of aromatic nitrogens is 3. The fourth-order valence-electron chi connectivity index (χ4n) is 3.22. The van der Waals surface area contributed by atoms with E-state index in [2.05, 4.69) is 21.7 Å². The highest BCUT2D eigenvalue weighted by atomic mass is 16.5. The molecule has 1 fully saturated rings. The lowest BCUT2D eigenvalue weighted by Gasteiger charge is -2.27. The normalized spacial score (nSPS) is 14.3. The zero-order valence-corrected chi connectivity index (χ0v) is 14.8. The standard InChI is InChI=1S/C18H22N4O3/c1-4-5-11-22-15-13(19-18(22)21-9-7-6-8-10-21)12-14(17(24)25-3)20(2)16(15)23/h12H,6-11H2,1-3H3. The van der Waals surface area contributed by atoms with E-state index in [1.54, 1.807) is 20.0 Å².